The fourth-order valence-corrected chi connectivity index (χ4v) is 3.16. The Kier molecular flexibility index (Phi) is 4.42. The Hall–Kier alpha value is -3.47. The molecule has 0 aliphatic rings. The summed E-state index contributed by atoms with van der Waals surface area (Å²) in [5.74, 6) is 0.983. The van der Waals surface area contributed by atoms with Crippen molar-refractivity contribution in [3.63, 3.8) is 0 Å². The third-order valence-corrected chi connectivity index (χ3v) is 4.51. The summed E-state index contributed by atoms with van der Waals surface area (Å²) in [6.07, 6.45) is 2.74. The summed E-state index contributed by atoms with van der Waals surface area (Å²) in [5, 5.41) is 8.69. The Morgan fingerprint density at radius 2 is 1.93 bits per heavy atom. The first-order valence-electron chi connectivity index (χ1n) is 8.80. The van der Waals surface area contributed by atoms with Crippen molar-refractivity contribution < 1.29 is 4.52 Å². The standard InChI is InChI=1S/C22H20N4O/c1-4-8-16-11-12-18(15(2)13-16)21-23-22(27-25-21)19-14-20(26(3)24-19)17-9-6-5-7-10-17/h4-7,9-14H,1,8H2,2-3H3. The minimum Gasteiger partial charge on any atom is -0.332 e. The second-order valence-corrected chi connectivity index (χ2v) is 6.47. The fourth-order valence-electron chi connectivity index (χ4n) is 3.16. The quantitative estimate of drug-likeness (QED) is 0.480. The van der Waals surface area contributed by atoms with E-state index in [1.54, 1.807) is 0 Å². The van der Waals surface area contributed by atoms with Crippen LogP contribution in [0.3, 0.4) is 0 Å². The van der Waals surface area contributed by atoms with Crippen molar-refractivity contribution in [2.45, 2.75) is 13.3 Å². The van der Waals surface area contributed by atoms with Crippen LogP contribution in [0, 0.1) is 6.92 Å². The first kappa shape index (κ1) is 17.0. The van der Waals surface area contributed by atoms with Crippen LogP contribution in [-0.2, 0) is 13.5 Å². The molecule has 4 rings (SSSR count). The predicted octanol–water partition coefficient (Wildman–Crippen LogP) is 4.84. The SMILES string of the molecule is C=CCc1ccc(-c2noc(-c3cc(-c4ccccc4)n(C)n3)n2)c(C)c1. The van der Waals surface area contributed by atoms with Crippen LogP contribution in [0.5, 0.6) is 0 Å². The molecule has 0 N–H and O–H groups in total. The second-order valence-electron chi connectivity index (χ2n) is 6.47. The molecule has 5 heteroatoms. The molecule has 0 aliphatic carbocycles. The number of allylic oxidation sites excluding steroid dienone is 1. The van der Waals surface area contributed by atoms with E-state index in [0.29, 0.717) is 17.4 Å². The molecule has 4 aromatic rings. The summed E-state index contributed by atoms with van der Waals surface area (Å²) in [7, 11) is 1.91. The van der Waals surface area contributed by atoms with E-state index in [1.165, 1.54) is 5.56 Å². The lowest BCUT2D eigenvalue weighted by molar-refractivity contribution is 0.430. The lowest BCUT2D eigenvalue weighted by atomic mass is 10.0. The molecule has 0 spiro atoms. The molecule has 5 nitrogen and oxygen atoms in total. The zero-order valence-corrected chi connectivity index (χ0v) is 15.4. The molecule has 0 radical (unpaired) electrons. The average Bonchev–Trinajstić information content (AvgIpc) is 3.30. The van der Waals surface area contributed by atoms with E-state index in [0.717, 1.165) is 28.8 Å². The molecule has 0 fully saturated rings. The number of rotatable bonds is 5. The van der Waals surface area contributed by atoms with Crippen LogP contribution >= 0.6 is 0 Å². The highest BCUT2D eigenvalue weighted by Gasteiger charge is 2.17. The minimum absolute atomic E-state index is 0.414. The van der Waals surface area contributed by atoms with Crippen molar-refractivity contribution >= 4 is 0 Å². The lowest BCUT2D eigenvalue weighted by Crippen LogP contribution is -1.93. The lowest BCUT2D eigenvalue weighted by Gasteiger charge is -2.03. The molecule has 0 saturated carbocycles. The highest BCUT2D eigenvalue weighted by molar-refractivity contribution is 5.67. The number of hydrogen-bond donors (Lipinski definition) is 0. The second kappa shape index (κ2) is 7.03. The molecule has 2 aromatic carbocycles. The zero-order chi connectivity index (χ0) is 18.8. The van der Waals surface area contributed by atoms with Gasteiger partial charge in [-0.1, -0.05) is 59.8 Å². The molecule has 2 aromatic heterocycles. The number of hydrogen-bond acceptors (Lipinski definition) is 4. The Labute approximate surface area is 158 Å². The van der Waals surface area contributed by atoms with Gasteiger partial charge in [-0.25, -0.2) is 0 Å². The van der Waals surface area contributed by atoms with E-state index in [4.69, 9.17) is 4.52 Å². The summed E-state index contributed by atoms with van der Waals surface area (Å²) in [6, 6.07) is 18.3. The number of aromatic nitrogens is 4. The third kappa shape index (κ3) is 3.31. The first-order chi connectivity index (χ1) is 13.2. The van der Waals surface area contributed by atoms with E-state index >= 15 is 0 Å². The van der Waals surface area contributed by atoms with Crippen molar-refractivity contribution in [2.24, 2.45) is 7.05 Å². The van der Waals surface area contributed by atoms with Crippen LogP contribution in [0.4, 0.5) is 0 Å². The normalized spacial score (nSPS) is 10.9. The topological polar surface area (TPSA) is 56.7 Å². The Morgan fingerprint density at radius 3 is 2.67 bits per heavy atom. The van der Waals surface area contributed by atoms with Crippen LogP contribution in [0.25, 0.3) is 34.2 Å². The van der Waals surface area contributed by atoms with Crippen molar-refractivity contribution in [3.8, 4) is 34.2 Å². The van der Waals surface area contributed by atoms with Crippen LogP contribution in [0.2, 0.25) is 0 Å². The molecular weight excluding hydrogens is 336 g/mol. The van der Waals surface area contributed by atoms with Gasteiger partial charge < -0.3 is 4.52 Å². The van der Waals surface area contributed by atoms with E-state index in [1.807, 2.05) is 67.2 Å². The van der Waals surface area contributed by atoms with Gasteiger partial charge in [-0.15, -0.1) is 6.58 Å². The summed E-state index contributed by atoms with van der Waals surface area (Å²) in [4.78, 5) is 4.56. The Morgan fingerprint density at radius 1 is 1.11 bits per heavy atom. The summed E-state index contributed by atoms with van der Waals surface area (Å²) in [6.45, 7) is 5.83. The van der Waals surface area contributed by atoms with Gasteiger partial charge in [0.05, 0.1) is 5.69 Å². The summed E-state index contributed by atoms with van der Waals surface area (Å²) < 4.78 is 7.31. The Balaban J connectivity index is 1.67. The van der Waals surface area contributed by atoms with E-state index in [-0.39, 0.29) is 0 Å². The average molecular weight is 356 g/mol. The van der Waals surface area contributed by atoms with Gasteiger partial charge in [0.25, 0.3) is 5.89 Å². The monoisotopic (exact) mass is 356 g/mol. The maximum atomic E-state index is 5.49. The van der Waals surface area contributed by atoms with Crippen LogP contribution < -0.4 is 0 Å². The highest BCUT2D eigenvalue weighted by atomic mass is 16.5. The van der Waals surface area contributed by atoms with Gasteiger partial charge in [0.1, 0.15) is 0 Å². The maximum absolute atomic E-state index is 5.49. The van der Waals surface area contributed by atoms with Gasteiger partial charge in [0.15, 0.2) is 5.69 Å². The van der Waals surface area contributed by atoms with E-state index in [9.17, 15) is 0 Å². The summed E-state index contributed by atoms with van der Waals surface area (Å²) in [5.41, 5.74) is 6.02. The largest absolute Gasteiger partial charge is 0.332 e. The molecule has 0 bridgehead atoms. The number of nitrogens with zero attached hydrogens (tertiary/aromatic N) is 4. The van der Waals surface area contributed by atoms with Crippen molar-refractivity contribution in [2.75, 3.05) is 0 Å². The minimum atomic E-state index is 0.414. The molecular formula is C22H20N4O. The third-order valence-electron chi connectivity index (χ3n) is 4.51. The Bertz CT molecular complexity index is 1090. The van der Waals surface area contributed by atoms with Crippen molar-refractivity contribution in [1.29, 1.82) is 0 Å². The van der Waals surface area contributed by atoms with E-state index in [2.05, 4.69) is 34.0 Å². The van der Waals surface area contributed by atoms with Crippen molar-refractivity contribution in [1.82, 2.24) is 19.9 Å². The molecule has 0 unspecified atom stereocenters. The van der Waals surface area contributed by atoms with Gasteiger partial charge in [0.2, 0.25) is 5.82 Å². The number of aryl methyl sites for hydroxylation is 2. The van der Waals surface area contributed by atoms with Gasteiger partial charge in [0, 0.05) is 12.6 Å². The molecule has 27 heavy (non-hydrogen) atoms. The molecule has 0 aliphatic heterocycles. The highest BCUT2D eigenvalue weighted by Crippen LogP contribution is 2.27. The molecule has 0 atom stereocenters. The van der Waals surface area contributed by atoms with Gasteiger partial charge in [-0.05, 0) is 36.1 Å². The van der Waals surface area contributed by atoms with Crippen molar-refractivity contribution in [3.05, 3.63) is 78.4 Å². The van der Waals surface area contributed by atoms with Crippen LogP contribution in [0.15, 0.2) is 71.8 Å². The first-order valence-corrected chi connectivity index (χ1v) is 8.80. The van der Waals surface area contributed by atoms with Crippen LogP contribution in [-0.4, -0.2) is 19.9 Å². The van der Waals surface area contributed by atoms with Gasteiger partial charge in [-0.3, -0.25) is 4.68 Å². The van der Waals surface area contributed by atoms with Gasteiger partial charge in [-0.2, -0.15) is 10.1 Å². The maximum Gasteiger partial charge on any atom is 0.278 e. The van der Waals surface area contributed by atoms with Crippen LogP contribution in [0.1, 0.15) is 11.1 Å². The predicted molar refractivity (Wildman–Crippen MR) is 106 cm³/mol. The molecule has 0 amide bonds. The number of benzene rings is 2. The van der Waals surface area contributed by atoms with E-state index < -0.39 is 0 Å². The molecule has 2 heterocycles. The van der Waals surface area contributed by atoms with Gasteiger partial charge >= 0.3 is 0 Å². The zero-order valence-electron chi connectivity index (χ0n) is 15.4. The smallest absolute Gasteiger partial charge is 0.278 e. The summed E-state index contributed by atoms with van der Waals surface area (Å²) >= 11 is 0. The fraction of sp³-hybridized carbons (Fsp3) is 0.136. The molecule has 0 saturated heterocycles. The molecule has 134 valence electrons.